The Morgan fingerprint density at radius 2 is 1.79 bits per heavy atom. The van der Waals surface area contributed by atoms with E-state index in [-0.39, 0.29) is 46.3 Å². The lowest BCUT2D eigenvalue weighted by Crippen LogP contribution is -2.58. The van der Waals surface area contributed by atoms with Crippen LogP contribution >= 0.6 is 11.3 Å². The van der Waals surface area contributed by atoms with Crippen molar-refractivity contribution >= 4 is 44.7 Å². The number of fused-ring (bicyclic) bond motifs is 2. The number of alkyl halides is 3. The average Bonchev–Trinajstić information content (AvgIpc) is 3.17. The van der Waals surface area contributed by atoms with Crippen molar-refractivity contribution in [3.8, 4) is 11.1 Å². The highest BCUT2D eigenvalue weighted by Gasteiger charge is 2.81. The van der Waals surface area contributed by atoms with Gasteiger partial charge in [0.25, 0.3) is 0 Å². The fraction of sp³-hybridized carbons (Fsp3) is 0.500. The molecule has 2 saturated carbocycles. The van der Waals surface area contributed by atoms with Crippen LogP contribution in [-0.4, -0.2) is 52.1 Å². The maximum atomic E-state index is 14.0. The molecule has 0 radical (unpaired) electrons. The van der Waals surface area contributed by atoms with Gasteiger partial charge in [0.15, 0.2) is 11.6 Å². The second-order valence-corrected chi connectivity index (χ2v) is 13.8. The first-order chi connectivity index (χ1) is 20.2. The number of piperidine rings is 1. The molecule has 3 unspecified atom stereocenters. The Labute approximate surface area is 248 Å². The fourth-order valence-electron chi connectivity index (χ4n) is 7.38. The lowest BCUT2D eigenvalue weighted by atomic mass is 9.76. The summed E-state index contributed by atoms with van der Waals surface area (Å²) in [4.78, 5) is 49.5. The van der Waals surface area contributed by atoms with Gasteiger partial charge in [-0.15, -0.1) is 11.3 Å². The summed E-state index contributed by atoms with van der Waals surface area (Å²) in [6.07, 6.45) is -1.79. The van der Waals surface area contributed by atoms with Gasteiger partial charge in [0.05, 0.1) is 21.6 Å². The molecule has 0 bridgehead atoms. The Hall–Kier alpha value is -3.74. The highest BCUT2D eigenvalue weighted by atomic mass is 32.1. The number of anilines is 1. The number of hydrogen-bond acceptors (Lipinski definition) is 9. The number of primary amides is 1. The van der Waals surface area contributed by atoms with Gasteiger partial charge in [-0.2, -0.15) is 23.4 Å². The van der Waals surface area contributed by atoms with E-state index in [1.807, 2.05) is 24.8 Å². The Morgan fingerprint density at radius 3 is 2.37 bits per heavy atom. The Kier molecular flexibility index (Phi) is 5.96. The van der Waals surface area contributed by atoms with E-state index in [1.165, 1.54) is 11.3 Å². The monoisotopic (exact) mass is 610 g/mol. The van der Waals surface area contributed by atoms with Crippen LogP contribution in [0.2, 0.25) is 0 Å². The molecule has 3 aromatic rings. The third kappa shape index (κ3) is 3.99. The smallest absolute Gasteiger partial charge is 0.370 e. The summed E-state index contributed by atoms with van der Waals surface area (Å²) >= 11 is 1.36. The number of Topliss-reactive ketones (excluding diaryl/α,β-unsaturated/α-hetero) is 2. The van der Waals surface area contributed by atoms with Crippen molar-refractivity contribution in [3.63, 3.8) is 0 Å². The minimum atomic E-state index is -4.65. The van der Waals surface area contributed by atoms with E-state index in [4.69, 9.17) is 5.73 Å². The zero-order valence-electron chi connectivity index (χ0n) is 23.7. The molecule has 3 aromatic heterocycles. The molecule has 224 valence electrons. The highest BCUT2D eigenvalue weighted by Crippen LogP contribution is 2.68. The number of aryl methyl sites for hydroxylation is 1. The largest absolute Gasteiger partial charge is 0.433 e. The molecule has 3 fully saturated rings. The van der Waals surface area contributed by atoms with Gasteiger partial charge < -0.3 is 10.6 Å². The van der Waals surface area contributed by atoms with Gasteiger partial charge >= 0.3 is 6.18 Å². The van der Waals surface area contributed by atoms with Crippen LogP contribution in [0.3, 0.4) is 0 Å². The summed E-state index contributed by atoms with van der Waals surface area (Å²) in [7, 11) is 0. The number of thiophene rings is 1. The van der Waals surface area contributed by atoms with Crippen LogP contribution in [0, 0.1) is 30.1 Å². The summed E-state index contributed by atoms with van der Waals surface area (Å²) < 4.78 is 42.6. The number of hydrogen-bond donors (Lipinski definition) is 1. The number of aromatic nitrogens is 2. The van der Waals surface area contributed by atoms with Crippen LogP contribution < -0.4 is 10.6 Å². The second kappa shape index (κ2) is 9.13. The SMILES string of the molecule is Cc1nc(C(F)(F)F)cc(-c2ccnc3cc(CC4N=NC45C(=O)C4C(C5=O)C4(C)C)sc23)c1N1CCC(C(N)=O)CC1. The van der Waals surface area contributed by atoms with Gasteiger partial charge in [-0.25, -0.2) is 4.98 Å². The van der Waals surface area contributed by atoms with Gasteiger partial charge in [-0.3, -0.25) is 19.4 Å². The number of ketones is 2. The van der Waals surface area contributed by atoms with Crippen molar-refractivity contribution in [2.75, 3.05) is 18.0 Å². The van der Waals surface area contributed by atoms with E-state index in [2.05, 4.69) is 20.2 Å². The quantitative estimate of drug-likeness (QED) is 0.408. The van der Waals surface area contributed by atoms with E-state index in [0.717, 1.165) is 10.9 Å². The topological polar surface area (TPSA) is 131 Å². The number of nitrogens with zero attached hydrogens (tertiary/aromatic N) is 5. The molecule has 5 heterocycles. The molecule has 13 heteroatoms. The van der Waals surface area contributed by atoms with E-state index < -0.39 is 23.5 Å². The standard InChI is InChI=1S/C30H29F3N6O3S/c1-13-23(39-8-5-14(6-9-39)27(34)42)17(12-20(36-13)30(31,32)33)16-4-7-35-18-10-15(43-24(16)18)11-19-29(38-37-19)25(40)21-22(26(29)41)28(21,2)3/h4,7,10,12,14,19,21-22H,5-6,8-9,11H2,1-3H3,(H2,34,42). The molecule has 2 aliphatic heterocycles. The Bertz CT molecular complexity index is 1730. The molecular weight excluding hydrogens is 581 g/mol. The first-order valence-electron chi connectivity index (χ1n) is 14.3. The summed E-state index contributed by atoms with van der Waals surface area (Å²) in [5.74, 6) is -1.59. The number of halogens is 3. The lowest BCUT2D eigenvalue weighted by molar-refractivity contribution is -0.141. The molecule has 2 aliphatic carbocycles. The summed E-state index contributed by atoms with van der Waals surface area (Å²) in [5, 5.41) is 8.29. The fourth-order valence-corrected chi connectivity index (χ4v) is 8.55. The molecule has 1 amide bonds. The van der Waals surface area contributed by atoms with E-state index in [9.17, 15) is 27.6 Å². The van der Waals surface area contributed by atoms with Crippen molar-refractivity contribution in [2.45, 2.75) is 57.8 Å². The van der Waals surface area contributed by atoms with Crippen LogP contribution in [0.15, 0.2) is 34.6 Å². The zero-order chi connectivity index (χ0) is 30.6. The van der Waals surface area contributed by atoms with E-state index in [0.29, 0.717) is 59.4 Å². The lowest BCUT2D eigenvalue weighted by Gasteiger charge is -2.36. The van der Waals surface area contributed by atoms with E-state index >= 15 is 0 Å². The number of rotatable bonds is 5. The van der Waals surface area contributed by atoms with Crippen LogP contribution in [0.25, 0.3) is 21.3 Å². The van der Waals surface area contributed by atoms with Gasteiger partial charge in [0.1, 0.15) is 11.7 Å². The van der Waals surface area contributed by atoms with Crippen LogP contribution in [0.4, 0.5) is 18.9 Å². The van der Waals surface area contributed by atoms with Gasteiger partial charge in [-0.1, -0.05) is 13.8 Å². The number of pyridine rings is 2. The van der Waals surface area contributed by atoms with Gasteiger partial charge in [0.2, 0.25) is 11.4 Å². The molecular formula is C30H29F3N6O3S. The maximum absolute atomic E-state index is 14.0. The molecule has 2 N–H and O–H groups in total. The zero-order valence-corrected chi connectivity index (χ0v) is 24.6. The summed E-state index contributed by atoms with van der Waals surface area (Å²) in [6.45, 7) is 6.32. The Morgan fingerprint density at radius 1 is 1.12 bits per heavy atom. The van der Waals surface area contributed by atoms with Crippen molar-refractivity contribution in [1.29, 1.82) is 0 Å². The van der Waals surface area contributed by atoms with Gasteiger partial charge in [0, 0.05) is 59.5 Å². The molecule has 0 aromatic carbocycles. The number of nitrogens with two attached hydrogens (primary N) is 1. The summed E-state index contributed by atoms with van der Waals surface area (Å²) in [6, 6.07) is 4.02. The summed E-state index contributed by atoms with van der Waals surface area (Å²) in [5.41, 5.74) is 5.13. The Balaban J connectivity index is 1.26. The number of carbonyl (C=O) groups excluding carboxylic acids is 3. The average molecular weight is 611 g/mol. The number of azo groups is 1. The molecule has 3 atom stereocenters. The molecule has 43 heavy (non-hydrogen) atoms. The molecule has 9 nitrogen and oxygen atoms in total. The highest BCUT2D eigenvalue weighted by molar-refractivity contribution is 7.19. The van der Waals surface area contributed by atoms with Crippen molar-refractivity contribution < 1.29 is 27.6 Å². The molecule has 1 saturated heterocycles. The first-order valence-corrected chi connectivity index (χ1v) is 15.1. The van der Waals surface area contributed by atoms with Crippen molar-refractivity contribution in [3.05, 3.63) is 40.7 Å². The van der Waals surface area contributed by atoms with Crippen molar-refractivity contribution in [2.24, 2.45) is 39.1 Å². The van der Waals surface area contributed by atoms with Crippen LogP contribution in [-0.2, 0) is 27.0 Å². The predicted molar refractivity (Wildman–Crippen MR) is 153 cm³/mol. The van der Waals surface area contributed by atoms with Gasteiger partial charge in [-0.05, 0) is 43.4 Å². The minimum absolute atomic E-state index is 0.149. The maximum Gasteiger partial charge on any atom is 0.433 e. The third-order valence-electron chi connectivity index (χ3n) is 9.80. The number of carbonyl (C=O) groups is 3. The second-order valence-electron chi connectivity index (χ2n) is 12.6. The minimum Gasteiger partial charge on any atom is -0.370 e. The first kappa shape index (κ1) is 28.1. The molecule has 4 aliphatic rings. The van der Waals surface area contributed by atoms with Crippen LogP contribution in [0.1, 0.15) is 43.0 Å². The van der Waals surface area contributed by atoms with E-state index in [1.54, 1.807) is 19.2 Å². The number of amides is 1. The normalized spacial score (nSPS) is 28.0. The third-order valence-corrected chi connectivity index (χ3v) is 11.0. The molecule has 1 spiro atoms. The van der Waals surface area contributed by atoms with Crippen LogP contribution in [0.5, 0.6) is 0 Å². The molecule has 7 rings (SSSR count). The predicted octanol–water partition coefficient (Wildman–Crippen LogP) is 4.93. The van der Waals surface area contributed by atoms with Crippen molar-refractivity contribution in [1.82, 2.24) is 9.97 Å².